The Hall–Kier alpha value is -0.890. The highest BCUT2D eigenvalue weighted by molar-refractivity contribution is 9.10. The van der Waals surface area contributed by atoms with E-state index in [1.54, 1.807) is 12.1 Å². The Morgan fingerprint density at radius 1 is 1.13 bits per heavy atom. The van der Waals surface area contributed by atoms with Crippen molar-refractivity contribution in [2.24, 2.45) is 0 Å². The van der Waals surface area contributed by atoms with Crippen LogP contribution in [0, 0.1) is 0 Å². The first-order valence-corrected chi connectivity index (χ1v) is 8.01. The third kappa shape index (κ3) is 2.95. The van der Waals surface area contributed by atoms with Crippen molar-refractivity contribution >= 4 is 21.6 Å². The number of alkyl halides is 5. The van der Waals surface area contributed by atoms with Gasteiger partial charge in [-0.3, -0.25) is 0 Å². The summed E-state index contributed by atoms with van der Waals surface area (Å²) in [6.45, 7) is -0.228. The lowest BCUT2D eigenvalue weighted by atomic mass is 9.76. The molecule has 0 radical (unpaired) electrons. The fourth-order valence-corrected chi connectivity index (χ4v) is 3.76. The van der Waals surface area contributed by atoms with Crippen LogP contribution in [-0.4, -0.2) is 38.4 Å². The van der Waals surface area contributed by atoms with Crippen LogP contribution >= 0.6 is 15.9 Å². The number of fused-ring (bicyclic) bond motifs is 2. The van der Waals surface area contributed by atoms with E-state index in [-0.39, 0.29) is 6.54 Å². The lowest BCUT2D eigenvalue weighted by molar-refractivity contribution is -0.277. The quantitative estimate of drug-likeness (QED) is 0.678. The molecule has 23 heavy (non-hydrogen) atoms. The molecule has 0 atom stereocenters. The molecule has 0 aliphatic carbocycles. The fourth-order valence-electron chi connectivity index (χ4n) is 3.41. The van der Waals surface area contributed by atoms with Crippen LogP contribution in [0.2, 0.25) is 0 Å². The van der Waals surface area contributed by atoms with Crippen LogP contribution in [0.15, 0.2) is 22.7 Å². The minimum atomic E-state index is -5.55. The van der Waals surface area contributed by atoms with E-state index in [1.165, 1.54) is 4.90 Å². The number of ether oxygens (including phenoxy) is 1. The zero-order valence-corrected chi connectivity index (χ0v) is 13.7. The Kier molecular flexibility index (Phi) is 4.11. The van der Waals surface area contributed by atoms with E-state index in [0.29, 0.717) is 36.2 Å². The molecule has 0 amide bonds. The molecule has 3 rings (SSSR count). The topological polar surface area (TPSA) is 12.5 Å². The minimum absolute atomic E-state index is 0.161. The molecule has 1 saturated heterocycles. The van der Waals surface area contributed by atoms with Gasteiger partial charge in [-0.2, -0.15) is 22.0 Å². The van der Waals surface area contributed by atoms with Crippen LogP contribution in [0.4, 0.5) is 27.6 Å². The van der Waals surface area contributed by atoms with Crippen molar-refractivity contribution in [3.63, 3.8) is 0 Å². The Labute approximate surface area is 138 Å². The van der Waals surface area contributed by atoms with Crippen LogP contribution in [0.25, 0.3) is 0 Å². The maximum atomic E-state index is 13.5. The van der Waals surface area contributed by atoms with E-state index in [0.717, 1.165) is 5.56 Å². The largest absolute Gasteiger partial charge is 0.455 e. The Bertz CT molecular complexity index is 598. The van der Waals surface area contributed by atoms with Gasteiger partial charge in [0.15, 0.2) is 0 Å². The van der Waals surface area contributed by atoms with E-state index in [4.69, 9.17) is 4.74 Å². The first-order chi connectivity index (χ1) is 10.6. The van der Waals surface area contributed by atoms with Gasteiger partial charge in [-0.15, -0.1) is 0 Å². The second kappa shape index (κ2) is 5.58. The van der Waals surface area contributed by atoms with Gasteiger partial charge in [0, 0.05) is 35.3 Å². The average molecular weight is 400 g/mol. The van der Waals surface area contributed by atoms with Crippen molar-refractivity contribution in [3.8, 4) is 0 Å². The predicted octanol–water partition coefficient (Wildman–Crippen LogP) is 4.51. The van der Waals surface area contributed by atoms with Gasteiger partial charge in [0.2, 0.25) is 0 Å². The second-order valence-electron chi connectivity index (χ2n) is 6.11. The lowest BCUT2D eigenvalue weighted by Crippen LogP contribution is -2.48. The number of benzene rings is 1. The van der Waals surface area contributed by atoms with Crippen LogP contribution < -0.4 is 4.90 Å². The molecule has 2 aliphatic heterocycles. The third-order valence-corrected chi connectivity index (χ3v) is 5.11. The molecule has 1 aromatic carbocycles. The fraction of sp³-hybridized carbons (Fsp3) is 0.600. The monoisotopic (exact) mass is 399 g/mol. The minimum Gasteiger partial charge on any atom is -0.381 e. The first-order valence-electron chi connectivity index (χ1n) is 7.22. The highest BCUT2D eigenvalue weighted by Crippen LogP contribution is 2.49. The van der Waals surface area contributed by atoms with Crippen molar-refractivity contribution in [3.05, 3.63) is 28.2 Å². The van der Waals surface area contributed by atoms with Gasteiger partial charge in [-0.1, -0.05) is 22.0 Å². The first kappa shape index (κ1) is 17.0. The number of anilines is 1. The van der Waals surface area contributed by atoms with Gasteiger partial charge in [-0.05, 0) is 30.5 Å². The molecule has 1 aromatic rings. The molecule has 0 unspecified atom stereocenters. The second-order valence-corrected chi connectivity index (χ2v) is 7.03. The van der Waals surface area contributed by atoms with Gasteiger partial charge in [0.05, 0.1) is 6.54 Å². The summed E-state index contributed by atoms with van der Waals surface area (Å²) in [7, 11) is 0. The van der Waals surface area contributed by atoms with Gasteiger partial charge < -0.3 is 9.64 Å². The summed E-state index contributed by atoms with van der Waals surface area (Å²) in [4.78, 5) is 1.17. The standard InChI is InChI=1S/C15H15BrF5NO/c16-10-1-2-11-12(7-10)22(9-14(17,18)15(19,20)21)8-13(11)3-5-23-6-4-13/h1-2,7H,3-6,8-9H2. The van der Waals surface area contributed by atoms with E-state index in [1.807, 2.05) is 6.07 Å². The highest BCUT2D eigenvalue weighted by atomic mass is 79.9. The molecule has 0 bridgehead atoms. The molecule has 2 nitrogen and oxygen atoms in total. The van der Waals surface area contributed by atoms with Crippen LogP contribution in [0.5, 0.6) is 0 Å². The molecule has 8 heteroatoms. The Morgan fingerprint density at radius 3 is 2.39 bits per heavy atom. The summed E-state index contributed by atoms with van der Waals surface area (Å²) in [6.07, 6.45) is -4.31. The molecule has 1 fully saturated rings. The summed E-state index contributed by atoms with van der Waals surface area (Å²) in [5, 5.41) is 0. The van der Waals surface area contributed by atoms with Gasteiger partial charge in [0.25, 0.3) is 0 Å². The molecular formula is C15H15BrF5NO. The number of rotatable bonds is 2. The highest BCUT2D eigenvalue weighted by Gasteiger charge is 2.59. The van der Waals surface area contributed by atoms with Crippen molar-refractivity contribution in [2.75, 3.05) is 31.2 Å². The van der Waals surface area contributed by atoms with Crippen LogP contribution in [-0.2, 0) is 10.2 Å². The summed E-state index contributed by atoms with van der Waals surface area (Å²) < 4.78 is 70.8. The normalized spacial score (nSPS) is 20.9. The average Bonchev–Trinajstić information content (AvgIpc) is 2.71. The summed E-state index contributed by atoms with van der Waals surface area (Å²) in [5.41, 5.74) is 0.878. The molecule has 0 aromatic heterocycles. The van der Waals surface area contributed by atoms with Gasteiger partial charge in [-0.25, -0.2) is 0 Å². The maximum Gasteiger partial charge on any atom is 0.455 e. The Morgan fingerprint density at radius 2 is 1.78 bits per heavy atom. The van der Waals surface area contributed by atoms with E-state index in [9.17, 15) is 22.0 Å². The van der Waals surface area contributed by atoms with Crippen molar-refractivity contribution in [1.82, 2.24) is 0 Å². The van der Waals surface area contributed by atoms with Crippen molar-refractivity contribution in [1.29, 1.82) is 0 Å². The van der Waals surface area contributed by atoms with Crippen LogP contribution in [0.3, 0.4) is 0 Å². The Balaban J connectivity index is 1.96. The molecular weight excluding hydrogens is 385 g/mol. The number of hydrogen-bond acceptors (Lipinski definition) is 2. The van der Waals surface area contributed by atoms with Gasteiger partial charge in [0.1, 0.15) is 0 Å². The van der Waals surface area contributed by atoms with E-state index < -0.39 is 24.1 Å². The molecule has 1 spiro atoms. The molecule has 128 valence electrons. The van der Waals surface area contributed by atoms with Crippen LogP contribution in [0.1, 0.15) is 18.4 Å². The van der Waals surface area contributed by atoms with E-state index in [2.05, 4.69) is 15.9 Å². The number of hydrogen-bond donors (Lipinski definition) is 0. The van der Waals surface area contributed by atoms with Crippen molar-refractivity contribution < 1.29 is 26.7 Å². The third-order valence-electron chi connectivity index (χ3n) is 4.62. The lowest BCUT2D eigenvalue weighted by Gasteiger charge is -2.35. The van der Waals surface area contributed by atoms with E-state index >= 15 is 0 Å². The molecule has 0 N–H and O–H groups in total. The number of halogens is 6. The summed E-state index contributed by atoms with van der Waals surface area (Å²) >= 11 is 3.26. The molecule has 2 aliphatic rings. The summed E-state index contributed by atoms with van der Waals surface area (Å²) in [6, 6.07) is 5.23. The maximum absolute atomic E-state index is 13.5. The summed E-state index contributed by atoms with van der Waals surface area (Å²) in [5.74, 6) is -4.75. The van der Waals surface area contributed by atoms with Gasteiger partial charge >= 0.3 is 12.1 Å². The zero-order chi connectivity index (χ0) is 16.9. The smallest absolute Gasteiger partial charge is 0.381 e. The SMILES string of the molecule is FC(F)(F)C(F)(F)CN1CC2(CCOCC2)c2ccc(Br)cc21. The molecule has 2 heterocycles. The zero-order valence-electron chi connectivity index (χ0n) is 12.1. The molecule has 0 saturated carbocycles. The number of nitrogens with zero attached hydrogens (tertiary/aromatic N) is 1. The predicted molar refractivity (Wildman–Crippen MR) is 79.1 cm³/mol. The van der Waals surface area contributed by atoms with Crippen molar-refractivity contribution in [2.45, 2.75) is 30.4 Å².